The monoisotopic (exact) mass is 393 g/mol. The summed E-state index contributed by atoms with van der Waals surface area (Å²) in [5, 5.41) is 12.9. The summed E-state index contributed by atoms with van der Waals surface area (Å²) in [5.41, 5.74) is 3.46. The molecule has 2 aromatic heterocycles. The molecule has 28 heavy (non-hydrogen) atoms. The van der Waals surface area contributed by atoms with Gasteiger partial charge in [0.1, 0.15) is 0 Å². The number of anilines is 1. The van der Waals surface area contributed by atoms with Crippen LogP contribution < -0.4 is 10.1 Å². The fourth-order valence-electron chi connectivity index (χ4n) is 3.08. The van der Waals surface area contributed by atoms with Crippen molar-refractivity contribution in [2.24, 2.45) is 0 Å². The number of hydrogen-bond donors (Lipinski definition) is 1. The Balaban J connectivity index is 1.62. The zero-order valence-corrected chi connectivity index (χ0v) is 16.7. The summed E-state index contributed by atoms with van der Waals surface area (Å²) in [6, 6.07) is 11.9. The van der Waals surface area contributed by atoms with E-state index in [1.165, 1.54) is 19.3 Å². The van der Waals surface area contributed by atoms with Gasteiger partial charge in [0.15, 0.2) is 11.9 Å². The second-order valence-corrected chi connectivity index (χ2v) is 7.69. The molecule has 6 nitrogen and oxygen atoms in total. The average Bonchev–Trinajstić information content (AvgIpc) is 2.91. The van der Waals surface area contributed by atoms with E-state index < -0.39 is 6.23 Å². The van der Waals surface area contributed by atoms with E-state index in [-0.39, 0.29) is 0 Å². The number of benzene rings is 1. The predicted molar refractivity (Wildman–Crippen MR) is 111 cm³/mol. The Hall–Kier alpha value is -2.67. The molecule has 3 aromatic rings. The highest BCUT2D eigenvalue weighted by molar-refractivity contribution is 7.99. The Bertz CT molecular complexity index is 922. The van der Waals surface area contributed by atoms with Crippen LogP contribution >= 0.6 is 11.8 Å². The lowest BCUT2D eigenvalue weighted by molar-refractivity contribution is 0.225. The number of nitrogens with one attached hydrogen (secondary N) is 1. The topological polar surface area (TPSA) is 72.8 Å². The molecule has 144 valence electrons. The summed E-state index contributed by atoms with van der Waals surface area (Å²) in [6.07, 6.45) is 8.04. The van der Waals surface area contributed by atoms with Crippen LogP contribution in [-0.2, 0) is 0 Å². The lowest BCUT2D eigenvalue weighted by atomic mass is 10.1. The first-order valence-corrected chi connectivity index (χ1v) is 10.6. The minimum atomic E-state index is -0.393. The Morgan fingerprint density at radius 2 is 2.00 bits per heavy atom. The summed E-state index contributed by atoms with van der Waals surface area (Å²) >= 11 is 1.63. The van der Waals surface area contributed by atoms with Gasteiger partial charge < -0.3 is 10.1 Å². The van der Waals surface area contributed by atoms with Crippen LogP contribution in [0.1, 0.15) is 44.4 Å². The molecule has 0 fully saturated rings. The third kappa shape index (κ3) is 4.25. The minimum absolute atomic E-state index is 0.393. The van der Waals surface area contributed by atoms with Crippen LogP contribution in [-0.4, -0.2) is 25.9 Å². The summed E-state index contributed by atoms with van der Waals surface area (Å²) in [7, 11) is 0. The first-order valence-electron chi connectivity index (χ1n) is 9.65. The molecule has 0 saturated heterocycles. The number of aromatic nitrogens is 4. The quantitative estimate of drug-likeness (QED) is 0.442. The number of nitrogens with zero attached hydrogens (tertiary/aromatic N) is 4. The smallest absolute Gasteiger partial charge is 0.247 e. The van der Waals surface area contributed by atoms with Crippen LogP contribution in [0, 0.1) is 0 Å². The van der Waals surface area contributed by atoms with E-state index in [0.717, 1.165) is 29.0 Å². The van der Waals surface area contributed by atoms with E-state index in [1.54, 1.807) is 24.2 Å². The van der Waals surface area contributed by atoms with Gasteiger partial charge in [0.25, 0.3) is 0 Å². The van der Waals surface area contributed by atoms with Crippen molar-refractivity contribution < 1.29 is 4.74 Å². The van der Waals surface area contributed by atoms with Crippen molar-refractivity contribution in [2.75, 3.05) is 11.1 Å². The van der Waals surface area contributed by atoms with Crippen molar-refractivity contribution in [3.8, 4) is 17.1 Å². The van der Waals surface area contributed by atoms with Crippen LogP contribution in [0.3, 0.4) is 0 Å². The number of thioether (sulfide) groups is 1. The first kappa shape index (κ1) is 18.7. The standard InChI is InChI=1S/C21H23N5OS/c1-2-3-4-7-13-28-21-24-20-18(25-26-21)16-10-5-6-11-17(16)23-19(27-20)15-9-8-12-22-14-15/h5-6,8-12,14,19,23H,2-4,7,13H2,1H3/t19-/m1/s1. The average molecular weight is 394 g/mol. The minimum Gasteiger partial charge on any atom is -0.448 e. The number of ether oxygens (including phenoxy) is 1. The van der Waals surface area contributed by atoms with Gasteiger partial charge in [-0.05, 0) is 18.6 Å². The SMILES string of the molecule is CCCCCCSc1nnc2c(n1)O[C@H](c1cccnc1)Nc1ccccc1-2. The van der Waals surface area contributed by atoms with E-state index in [4.69, 9.17) is 4.74 Å². The zero-order valence-electron chi connectivity index (χ0n) is 15.8. The molecule has 4 rings (SSSR count). The molecule has 1 N–H and O–H groups in total. The second kappa shape index (κ2) is 9.01. The van der Waals surface area contributed by atoms with E-state index in [1.807, 2.05) is 36.4 Å². The van der Waals surface area contributed by atoms with E-state index in [0.29, 0.717) is 16.7 Å². The van der Waals surface area contributed by atoms with Crippen molar-refractivity contribution in [3.63, 3.8) is 0 Å². The summed E-state index contributed by atoms with van der Waals surface area (Å²) in [5.74, 6) is 1.48. The van der Waals surface area contributed by atoms with Crippen molar-refractivity contribution in [1.29, 1.82) is 0 Å². The summed E-state index contributed by atoms with van der Waals surface area (Å²) in [6.45, 7) is 2.22. The van der Waals surface area contributed by atoms with E-state index >= 15 is 0 Å². The van der Waals surface area contributed by atoms with Crippen LogP contribution in [0.25, 0.3) is 11.3 Å². The van der Waals surface area contributed by atoms with Crippen molar-refractivity contribution in [3.05, 3.63) is 54.4 Å². The molecule has 0 aliphatic carbocycles. The maximum atomic E-state index is 6.23. The maximum Gasteiger partial charge on any atom is 0.247 e. The lowest BCUT2D eigenvalue weighted by Crippen LogP contribution is -2.17. The molecule has 0 spiro atoms. The van der Waals surface area contributed by atoms with Crippen LogP contribution in [0.4, 0.5) is 5.69 Å². The molecule has 0 unspecified atom stereocenters. The van der Waals surface area contributed by atoms with Crippen LogP contribution in [0.2, 0.25) is 0 Å². The number of rotatable bonds is 7. The molecule has 1 atom stereocenters. The van der Waals surface area contributed by atoms with Crippen molar-refractivity contribution in [2.45, 2.75) is 44.0 Å². The third-order valence-electron chi connectivity index (χ3n) is 4.55. The van der Waals surface area contributed by atoms with Crippen LogP contribution in [0.5, 0.6) is 5.88 Å². The fourth-order valence-corrected chi connectivity index (χ4v) is 3.86. The highest BCUT2D eigenvalue weighted by Gasteiger charge is 2.26. The number of pyridine rings is 1. The molecule has 7 heteroatoms. The molecular formula is C21H23N5OS. The predicted octanol–water partition coefficient (Wildman–Crippen LogP) is 5.11. The highest BCUT2D eigenvalue weighted by Crippen LogP contribution is 2.39. The fraction of sp³-hybridized carbons (Fsp3) is 0.333. The van der Waals surface area contributed by atoms with Gasteiger partial charge in [-0.1, -0.05) is 62.2 Å². The molecule has 0 saturated carbocycles. The van der Waals surface area contributed by atoms with E-state index in [2.05, 4.69) is 32.4 Å². The van der Waals surface area contributed by atoms with Gasteiger partial charge in [-0.15, -0.1) is 10.2 Å². The maximum absolute atomic E-state index is 6.23. The molecular weight excluding hydrogens is 370 g/mol. The van der Waals surface area contributed by atoms with Crippen molar-refractivity contribution in [1.82, 2.24) is 20.2 Å². The van der Waals surface area contributed by atoms with Crippen molar-refractivity contribution >= 4 is 17.4 Å². The molecule has 3 heterocycles. The molecule has 1 aliphatic rings. The van der Waals surface area contributed by atoms with Gasteiger partial charge in [-0.25, -0.2) is 0 Å². The Morgan fingerprint density at radius 1 is 1.07 bits per heavy atom. The van der Waals surface area contributed by atoms with Crippen LogP contribution in [0.15, 0.2) is 53.9 Å². The Labute approximate surface area is 169 Å². The molecule has 1 aromatic carbocycles. The highest BCUT2D eigenvalue weighted by atomic mass is 32.2. The summed E-state index contributed by atoms with van der Waals surface area (Å²) in [4.78, 5) is 8.88. The van der Waals surface area contributed by atoms with Gasteiger partial charge in [0.2, 0.25) is 11.0 Å². The molecule has 0 bridgehead atoms. The lowest BCUT2D eigenvalue weighted by Gasteiger charge is -2.18. The van der Waals surface area contributed by atoms with E-state index in [9.17, 15) is 0 Å². The molecule has 1 aliphatic heterocycles. The Morgan fingerprint density at radius 3 is 2.86 bits per heavy atom. The van der Waals surface area contributed by atoms with Gasteiger partial charge in [0, 0.05) is 35.0 Å². The number of para-hydroxylation sites is 1. The summed E-state index contributed by atoms with van der Waals surface area (Å²) < 4.78 is 6.23. The van der Waals surface area contributed by atoms with Gasteiger partial charge in [-0.3, -0.25) is 4.98 Å². The second-order valence-electron chi connectivity index (χ2n) is 6.63. The van der Waals surface area contributed by atoms with Gasteiger partial charge >= 0.3 is 0 Å². The van der Waals surface area contributed by atoms with Gasteiger partial charge in [0.05, 0.1) is 0 Å². The van der Waals surface area contributed by atoms with Gasteiger partial charge in [-0.2, -0.15) is 4.98 Å². The number of unbranched alkanes of at least 4 members (excludes halogenated alkanes) is 3. The largest absolute Gasteiger partial charge is 0.448 e. The third-order valence-corrected chi connectivity index (χ3v) is 5.47. The number of hydrogen-bond acceptors (Lipinski definition) is 7. The normalized spacial score (nSPS) is 15.0. The Kier molecular flexibility index (Phi) is 6.01. The zero-order chi connectivity index (χ0) is 19.2. The first-order chi connectivity index (χ1) is 13.8. The molecule has 0 radical (unpaired) electrons. The molecule has 0 amide bonds. The number of fused-ring (bicyclic) bond motifs is 3.